The van der Waals surface area contributed by atoms with Crippen molar-refractivity contribution < 1.29 is 0 Å². The average Bonchev–Trinajstić information content (AvgIpc) is 2.89. The van der Waals surface area contributed by atoms with Gasteiger partial charge in [-0.3, -0.25) is 4.98 Å². The van der Waals surface area contributed by atoms with Crippen molar-refractivity contribution in [1.29, 1.82) is 0 Å². The molecule has 1 saturated carbocycles. The predicted molar refractivity (Wildman–Crippen MR) is 79.1 cm³/mol. The molecule has 0 aromatic carbocycles. The van der Waals surface area contributed by atoms with Crippen LogP contribution in [0, 0.1) is 0 Å². The number of rotatable bonds is 6. The van der Waals surface area contributed by atoms with Crippen LogP contribution in [0.3, 0.4) is 0 Å². The second-order valence-electron chi connectivity index (χ2n) is 5.12. The first kappa shape index (κ1) is 13.9. The summed E-state index contributed by atoms with van der Waals surface area (Å²) in [6.45, 7) is 5.43. The van der Waals surface area contributed by atoms with Gasteiger partial charge in [0.2, 0.25) is 0 Å². The summed E-state index contributed by atoms with van der Waals surface area (Å²) < 4.78 is 0. The van der Waals surface area contributed by atoms with Gasteiger partial charge in [0.15, 0.2) is 0 Å². The Morgan fingerprint density at radius 2 is 2.17 bits per heavy atom. The first-order chi connectivity index (χ1) is 8.79. The van der Waals surface area contributed by atoms with Gasteiger partial charge in [-0.15, -0.1) is 11.8 Å². The number of hydrogen-bond acceptors (Lipinski definition) is 3. The van der Waals surface area contributed by atoms with Crippen molar-refractivity contribution in [2.24, 2.45) is 0 Å². The molecule has 1 aromatic heterocycles. The summed E-state index contributed by atoms with van der Waals surface area (Å²) in [6, 6.07) is 4.76. The molecular weight excluding hydrogens is 240 g/mol. The highest BCUT2D eigenvalue weighted by Crippen LogP contribution is 2.34. The minimum absolute atomic E-state index is 0.357. The molecule has 1 aromatic rings. The molecule has 2 rings (SSSR count). The molecule has 1 aliphatic rings. The number of hydrogen-bond donors (Lipinski definition) is 1. The maximum atomic E-state index is 4.59. The Bertz CT molecular complexity index is 344. The maximum Gasteiger partial charge on any atom is 0.0571 e. The van der Waals surface area contributed by atoms with Crippen molar-refractivity contribution in [3.63, 3.8) is 0 Å². The molecule has 0 radical (unpaired) electrons. The monoisotopic (exact) mass is 264 g/mol. The molecule has 100 valence electrons. The summed E-state index contributed by atoms with van der Waals surface area (Å²) >= 11 is 2.01. The van der Waals surface area contributed by atoms with Crippen LogP contribution in [-0.2, 0) is 0 Å². The van der Waals surface area contributed by atoms with Crippen LogP contribution in [0.1, 0.15) is 57.7 Å². The molecule has 1 aliphatic carbocycles. The lowest BCUT2D eigenvalue weighted by Gasteiger charge is -2.13. The summed E-state index contributed by atoms with van der Waals surface area (Å²) in [5.74, 6) is 0. The lowest BCUT2D eigenvalue weighted by Crippen LogP contribution is -2.20. The molecule has 0 bridgehead atoms. The first-order valence-electron chi connectivity index (χ1n) is 7.15. The van der Waals surface area contributed by atoms with Gasteiger partial charge in [0.25, 0.3) is 0 Å². The number of thioether (sulfide) groups is 1. The summed E-state index contributed by atoms with van der Waals surface area (Å²) in [5, 5.41) is 4.30. The molecule has 1 N–H and O–H groups in total. The van der Waals surface area contributed by atoms with E-state index in [9.17, 15) is 0 Å². The first-order valence-corrected chi connectivity index (χ1v) is 8.03. The van der Waals surface area contributed by atoms with Gasteiger partial charge in [0.1, 0.15) is 0 Å². The van der Waals surface area contributed by atoms with E-state index in [1.54, 1.807) is 0 Å². The molecule has 1 heterocycles. The van der Waals surface area contributed by atoms with Gasteiger partial charge in [0.05, 0.1) is 5.69 Å². The van der Waals surface area contributed by atoms with E-state index < -0.39 is 0 Å². The molecule has 1 atom stereocenters. The van der Waals surface area contributed by atoms with Gasteiger partial charge in [-0.1, -0.05) is 19.8 Å². The summed E-state index contributed by atoms with van der Waals surface area (Å²) in [6.07, 6.45) is 8.77. The van der Waals surface area contributed by atoms with E-state index in [0.717, 1.165) is 17.5 Å². The number of nitrogens with zero attached hydrogens (tertiary/aromatic N) is 1. The number of nitrogens with one attached hydrogen (secondary N) is 1. The Morgan fingerprint density at radius 3 is 2.78 bits per heavy atom. The van der Waals surface area contributed by atoms with Crippen molar-refractivity contribution in [3.8, 4) is 0 Å². The van der Waals surface area contributed by atoms with E-state index in [0.29, 0.717) is 6.04 Å². The molecule has 0 saturated heterocycles. The van der Waals surface area contributed by atoms with Crippen molar-refractivity contribution in [3.05, 3.63) is 24.0 Å². The third-order valence-electron chi connectivity index (χ3n) is 3.51. The molecule has 0 aliphatic heterocycles. The highest BCUT2D eigenvalue weighted by atomic mass is 32.2. The van der Waals surface area contributed by atoms with Crippen LogP contribution in [0.25, 0.3) is 0 Å². The standard InChI is InChI=1S/C15H24N2S/c1-3-10-16-12(2)15-9-8-14(11-17-15)18-13-6-4-5-7-13/h8-9,11-13,16H,3-7,10H2,1-2H3. The van der Waals surface area contributed by atoms with Gasteiger partial charge in [-0.05, 0) is 44.9 Å². The quantitative estimate of drug-likeness (QED) is 0.834. The van der Waals surface area contributed by atoms with E-state index >= 15 is 0 Å². The largest absolute Gasteiger partial charge is 0.309 e. The molecular formula is C15H24N2S. The molecule has 1 unspecified atom stereocenters. The van der Waals surface area contributed by atoms with Gasteiger partial charge in [-0.2, -0.15) is 0 Å². The lowest BCUT2D eigenvalue weighted by atomic mass is 10.2. The van der Waals surface area contributed by atoms with Gasteiger partial charge < -0.3 is 5.32 Å². The third kappa shape index (κ3) is 3.99. The number of pyridine rings is 1. The zero-order valence-corrected chi connectivity index (χ0v) is 12.3. The Morgan fingerprint density at radius 1 is 1.39 bits per heavy atom. The fraction of sp³-hybridized carbons (Fsp3) is 0.667. The van der Waals surface area contributed by atoms with Crippen molar-refractivity contribution in [2.75, 3.05) is 6.54 Å². The van der Waals surface area contributed by atoms with Crippen molar-refractivity contribution >= 4 is 11.8 Å². The molecule has 2 nitrogen and oxygen atoms in total. The van der Waals surface area contributed by atoms with Crippen molar-refractivity contribution in [1.82, 2.24) is 10.3 Å². The topological polar surface area (TPSA) is 24.9 Å². The Kier molecular flexibility index (Phi) is 5.51. The van der Waals surface area contributed by atoms with Gasteiger partial charge in [0, 0.05) is 22.4 Å². The molecule has 1 fully saturated rings. The zero-order chi connectivity index (χ0) is 12.8. The number of aromatic nitrogens is 1. The van der Waals surface area contributed by atoms with E-state index in [1.165, 1.54) is 37.0 Å². The van der Waals surface area contributed by atoms with E-state index in [-0.39, 0.29) is 0 Å². The van der Waals surface area contributed by atoms with E-state index in [4.69, 9.17) is 0 Å². The van der Waals surface area contributed by atoms with Crippen LogP contribution in [0.5, 0.6) is 0 Å². The highest BCUT2D eigenvalue weighted by molar-refractivity contribution is 8.00. The van der Waals surface area contributed by atoms with Crippen LogP contribution in [0.15, 0.2) is 23.2 Å². The van der Waals surface area contributed by atoms with Crippen molar-refractivity contribution in [2.45, 2.75) is 62.1 Å². The summed E-state index contributed by atoms with van der Waals surface area (Å²) in [4.78, 5) is 5.92. The van der Waals surface area contributed by atoms with Crippen LogP contribution in [-0.4, -0.2) is 16.8 Å². The molecule has 3 heteroatoms. The Balaban J connectivity index is 1.88. The summed E-state index contributed by atoms with van der Waals surface area (Å²) in [5.41, 5.74) is 1.15. The van der Waals surface area contributed by atoms with E-state index in [2.05, 4.69) is 36.3 Å². The smallest absolute Gasteiger partial charge is 0.0571 e. The average molecular weight is 264 g/mol. The normalized spacial score (nSPS) is 18.1. The molecule has 0 spiro atoms. The van der Waals surface area contributed by atoms with Gasteiger partial charge >= 0.3 is 0 Å². The lowest BCUT2D eigenvalue weighted by molar-refractivity contribution is 0.558. The minimum Gasteiger partial charge on any atom is -0.309 e. The van der Waals surface area contributed by atoms with Gasteiger partial charge in [-0.25, -0.2) is 0 Å². The second-order valence-corrected chi connectivity index (χ2v) is 6.49. The minimum atomic E-state index is 0.357. The second kappa shape index (κ2) is 7.15. The fourth-order valence-electron chi connectivity index (χ4n) is 2.38. The van der Waals surface area contributed by atoms with E-state index in [1.807, 2.05) is 18.0 Å². The van der Waals surface area contributed by atoms with Crippen LogP contribution in [0.4, 0.5) is 0 Å². The van der Waals surface area contributed by atoms with Crippen LogP contribution < -0.4 is 5.32 Å². The SMILES string of the molecule is CCCNC(C)c1ccc(SC2CCCC2)cn1. The summed E-state index contributed by atoms with van der Waals surface area (Å²) in [7, 11) is 0. The predicted octanol–water partition coefficient (Wildman–Crippen LogP) is 4.18. The highest BCUT2D eigenvalue weighted by Gasteiger charge is 2.16. The van der Waals surface area contributed by atoms with Crippen LogP contribution >= 0.6 is 11.8 Å². The molecule has 0 amide bonds. The fourth-order valence-corrected chi connectivity index (χ4v) is 3.60. The zero-order valence-electron chi connectivity index (χ0n) is 11.5. The Hall–Kier alpha value is -0.540. The third-order valence-corrected chi connectivity index (χ3v) is 4.83. The van der Waals surface area contributed by atoms with Crippen LogP contribution in [0.2, 0.25) is 0 Å². The Labute approximate surface area is 115 Å². The maximum absolute atomic E-state index is 4.59. The molecule has 18 heavy (non-hydrogen) atoms.